The molecule has 0 aliphatic carbocycles. The minimum absolute atomic E-state index is 1.28. The van der Waals surface area contributed by atoms with Gasteiger partial charge in [-0.2, -0.15) is 0 Å². The number of hydrogen-bond donors (Lipinski definition) is 0. The van der Waals surface area contributed by atoms with E-state index in [1.807, 2.05) is 0 Å². The second-order valence-corrected chi connectivity index (χ2v) is 4.47. The fourth-order valence-corrected chi connectivity index (χ4v) is 2.22. The minimum Gasteiger partial charge on any atom is -0.201 e. The third-order valence-corrected chi connectivity index (χ3v) is 3.02. The van der Waals surface area contributed by atoms with Crippen LogP contribution in [-0.2, 0) is 7.05 Å². The van der Waals surface area contributed by atoms with Crippen LogP contribution in [0.5, 0.6) is 0 Å². The standard InChI is InChI=1S/C15H18N/c1-11-8-9-14(16(4)10-11)15-12(2)6-5-7-13(15)3/h5-10H,1-4H3/q+1. The zero-order chi connectivity index (χ0) is 11.7. The number of pyridine rings is 1. The highest BCUT2D eigenvalue weighted by Gasteiger charge is 2.13. The van der Waals surface area contributed by atoms with Gasteiger partial charge in [0.2, 0.25) is 5.69 Å². The Morgan fingerprint density at radius 2 is 1.50 bits per heavy atom. The van der Waals surface area contributed by atoms with Gasteiger partial charge in [-0.1, -0.05) is 18.2 Å². The van der Waals surface area contributed by atoms with Gasteiger partial charge in [0.25, 0.3) is 0 Å². The number of nitrogens with zero attached hydrogens (tertiary/aromatic N) is 1. The predicted molar refractivity (Wildman–Crippen MR) is 67.3 cm³/mol. The van der Waals surface area contributed by atoms with Crippen LogP contribution < -0.4 is 4.57 Å². The molecular formula is C15H18N+. The number of benzene rings is 1. The third-order valence-electron chi connectivity index (χ3n) is 3.02. The molecule has 0 saturated carbocycles. The molecule has 0 atom stereocenters. The topological polar surface area (TPSA) is 3.88 Å². The highest BCUT2D eigenvalue weighted by Crippen LogP contribution is 2.24. The first-order valence-corrected chi connectivity index (χ1v) is 5.62. The first-order chi connectivity index (χ1) is 7.59. The molecule has 82 valence electrons. The number of hydrogen-bond acceptors (Lipinski definition) is 0. The SMILES string of the molecule is Cc1ccc(-c2c(C)cccc2C)[n+](C)c1. The van der Waals surface area contributed by atoms with E-state index in [4.69, 9.17) is 0 Å². The summed E-state index contributed by atoms with van der Waals surface area (Å²) in [5, 5.41) is 0. The maximum Gasteiger partial charge on any atom is 0.212 e. The van der Waals surface area contributed by atoms with Crippen LogP contribution in [0.15, 0.2) is 36.5 Å². The van der Waals surface area contributed by atoms with Gasteiger partial charge in [-0.25, -0.2) is 4.57 Å². The summed E-state index contributed by atoms with van der Waals surface area (Å²) in [6, 6.07) is 10.8. The second-order valence-electron chi connectivity index (χ2n) is 4.47. The Hall–Kier alpha value is -1.63. The lowest BCUT2D eigenvalue weighted by molar-refractivity contribution is -0.660. The summed E-state index contributed by atoms with van der Waals surface area (Å²) in [5.41, 5.74) is 6.59. The van der Waals surface area contributed by atoms with Crippen molar-refractivity contribution in [1.82, 2.24) is 0 Å². The number of aryl methyl sites for hydroxylation is 4. The Morgan fingerprint density at radius 3 is 2.06 bits per heavy atom. The summed E-state index contributed by atoms with van der Waals surface area (Å²) in [5.74, 6) is 0. The molecule has 1 heteroatoms. The van der Waals surface area contributed by atoms with Gasteiger partial charge < -0.3 is 0 Å². The Bertz CT molecular complexity index is 507. The van der Waals surface area contributed by atoms with Crippen LogP contribution in [0.1, 0.15) is 16.7 Å². The smallest absolute Gasteiger partial charge is 0.201 e. The summed E-state index contributed by atoms with van der Waals surface area (Å²) in [4.78, 5) is 0. The molecule has 1 aromatic carbocycles. The van der Waals surface area contributed by atoms with E-state index < -0.39 is 0 Å². The first-order valence-electron chi connectivity index (χ1n) is 5.62. The van der Waals surface area contributed by atoms with Crippen molar-refractivity contribution in [3.63, 3.8) is 0 Å². The summed E-state index contributed by atoms with van der Waals surface area (Å²) in [7, 11) is 2.11. The van der Waals surface area contributed by atoms with E-state index in [0.29, 0.717) is 0 Å². The molecule has 2 rings (SSSR count). The Morgan fingerprint density at radius 1 is 0.875 bits per heavy atom. The molecule has 1 heterocycles. The van der Waals surface area contributed by atoms with Crippen LogP contribution >= 0.6 is 0 Å². The lowest BCUT2D eigenvalue weighted by Gasteiger charge is -2.07. The molecule has 0 amide bonds. The predicted octanol–water partition coefficient (Wildman–Crippen LogP) is 3.10. The molecule has 16 heavy (non-hydrogen) atoms. The van der Waals surface area contributed by atoms with Gasteiger partial charge in [-0.3, -0.25) is 0 Å². The van der Waals surface area contributed by atoms with Gasteiger partial charge in [0.05, 0.1) is 5.56 Å². The molecule has 1 nitrogen and oxygen atoms in total. The maximum absolute atomic E-state index is 2.20. The van der Waals surface area contributed by atoms with Crippen molar-refractivity contribution in [3.8, 4) is 11.3 Å². The van der Waals surface area contributed by atoms with E-state index in [1.54, 1.807) is 0 Å². The first kappa shape index (κ1) is 10.9. The number of rotatable bonds is 1. The summed E-state index contributed by atoms with van der Waals surface area (Å²) < 4.78 is 2.20. The largest absolute Gasteiger partial charge is 0.212 e. The van der Waals surface area contributed by atoms with E-state index >= 15 is 0 Å². The molecule has 0 aliphatic rings. The molecule has 0 fully saturated rings. The summed E-state index contributed by atoms with van der Waals surface area (Å²) >= 11 is 0. The van der Waals surface area contributed by atoms with Crippen molar-refractivity contribution in [3.05, 3.63) is 53.2 Å². The van der Waals surface area contributed by atoms with Gasteiger partial charge in [-0.15, -0.1) is 0 Å². The highest BCUT2D eigenvalue weighted by atomic mass is 14.9. The quantitative estimate of drug-likeness (QED) is 0.639. The van der Waals surface area contributed by atoms with Crippen LogP contribution in [-0.4, -0.2) is 0 Å². The fraction of sp³-hybridized carbons (Fsp3) is 0.267. The monoisotopic (exact) mass is 212 g/mol. The normalized spacial score (nSPS) is 10.5. The maximum atomic E-state index is 2.20. The molecule has 1 aromatic heterocycles. The minimum atomic E-state index is 1.28. The van der Waals surface area contributed by atoms with E-state index in [9.17, 15) is 0 Å². The van der Waals surface area contributed by atoms with E-state index in [-0.39, 0.29) is 0 Å². The third kappa shape index (κ3) is 1.85. The number of aromatic nitrogens is 1. The molecule has 0 bridgehead atoms. The zero-order valence-electron chi connectivity index (χ0n) is 10.4. The second kappa shape index (κ2) is 4.09. The van der Waals surface area contributed by atoms with Gasteiger partial charge >= 0.3 is 0 Å². The van der Waals surface area contributed by atoms with Crippen molar-refractivity contribution >= 4 is 0 Å². The van der Waals surface area contributed by atoms with E-state index in [2.05, 4.69) is 68.9 Å². The van der Waals surface area contributed by atoms with Gasteiger partial charge in [-0.05, 0) is 38.0 Å². The van der Waals surface area contributed by atoms with Crippen molar-refractivity contribution in [1.29, 1.82) is 0 Å². The summed E-state index contributed by atoms with van der Waals surface area (Å²) in [6.07, 6.45) is 2.17. The molecular weight excluding hydrogens is 194 g/mol. The average molecular weight is 212 g/mol. The molecule has 2 aromatic rings. The van der Waals surface area contributed by atoms with E-state index in [1.165, 1.54) is 27.9 Å². The molecule has 0 spiro atoms. The van der Waals surface area contributed by atoms with Crippen molar-refractivity contribution in [2.75, 3.05) is 0 Å². The van der Waals surface area contributed by atoms with E-state index in [0.717, 1.165) is 0 Å². The van der Waals surface area contributed by atoms with Crippen LogP contribution in [0.4, 0.5) is 0 Å². The van der Waals surface area contributed by atoms with Crippen molar-refractivity contribution in [2.45, 2.75) is 20.8 Å². The lowest BCUT2D eigenvalue weighted by Crippen LogP contribution is -2.31. The average Bonchev–Trinajstić information content (AvgIpc) is 2.20. The van der Waals surface area contributed by atoms with Crippen LogP contribution in [0.2, 0.25) is 0 Å². The summed E-state index contributed by atoms with van der Waals surface area (Å²) in [6.45, 7) is 6.46. The molecule has 0 unspecified atom stereocenters. The zero-order valence-corrected chi connectivity index (χ0v) is 10.4. The molecule has 0 saturated heterocycles. The van der Waals surface area contributed by atoms with Crippen molar-refractivity contribution in [2.24, 2.45) is 7.05 Å². The van der Waals surface area contributed by atoms with Gasteiger partial charge in [0.15, 0.2) is 6.20 Å². The van der Waals surface area contributed by atoms with Gasteiger partial charge in [0, 0.05) is 11.6 Å². The molecule has 0 radical (unpaired) electrons. The van der Waals surface area contributed by atoms with Crippen LogP contribution in [0.25, 0.3) is 11.3 Å². The van der Waals surface area contributed by atoms with Crippen LogP contribution in [0, 0.1) is 20.8 Å². The van der Waals surface area contributed by atoms with Crippen LogP contribution in [0.3, 0.4) is 0 Å². The van der Waals surface area contributed by atoms with Crippen molar-refractivity contribution < 1.29 is 4.57 Å². The molecule has 0 aliphatic heterocycles. The molecule has 0 N–H and O–H groups in total. The fourth-order valence-electron chi connectivity index (χ4n) is 2.22. The Balaban J connectivity index is 2.68. The van der Waals surface area contributed by atoms with Gasteiger partial charge in [0.1, 0.15) is 7.05 Å². The lowest BCUT2D eigenvalue weighted by atomic mass is 9.99. The Labute approximate surface area is 97.4 Å². The highest BCUT2D eigenvalue weighted by molar-refractivity contribution is 5.65. The Kier molecular flexibility index (Phi) is 2.78.